The van der Waals surface area contributed by atoms with Crippen LogP contribution in [-0.4, -0.2) is 33.8 Å². The fourth-order valence-corrected chi connectivity index (χ4v) is 2.62. The molecule has 0 radical (unpaired) electrons. The summed E-state index contributed by atoms with van der Waals surface area (Å²) in [5.41, 5.74) is 0.0581. The van der Waals surface area contributed by atoms with Gasteiger partial charge in [-0.15, -0.1) is 0 Å². The number of carbonyl (C=O) groups excluding carboxylic acids is 2. The molecule has 3 N–H and O–H groups in total. The Bertz CT molecular complexity index is 976. The molecular formula is C18H17N5O6S. The zero-order valence-corrected chi connectivity index (χ0v) is 16.5. The van der Waals surface area contributed by atoms with E-state index in [2.05, 4.69) is 16.0 Å². The van der Waals surface area contributed by atoms with Crippen LogP contribution in [0.3, 0.4) is 0 Å². The van der Waals surface area contributed by atoms with Gasteiger partial charge in [0.2, 0.25) is 5.91 Å². The van der Waals surface area contributed by atoms with Crippen LogP contribution in [0.15, 0.2) is 42.5 Å². The Hall–Kier alpha value is -3.93. The fourth-order valence-electron chi connectivity index (χ4n) is 2.41. The number of hydrogen-bond donors (Lipinski definition) is 3. The molecule has 11 nitrogen and oxygen atoms in total. The van der Waals surface area contributed by atoms with Gasteiger partial charge in [-0.3, -0.25) is 35.1 Å². The van der Waals surface area contributed by atoms with Crippen LogP contribution < -0.4 is 16.0 Å². The first-order chi connectivity index (χ1) is 14.2. The zero-order chi connectivity index (χ0) is 22.3. The molecule has 0 aliphatic heterocycles. The van der Waals surface area contributed by atoms with Gasteiger partial charge < -0.3 is 10.6 Å². The Kier molecular flexibility index (Phi) is 7.47. The SMILES string of the molecule is CNC(=O)CCc1ccc(NC(=S)NC(=O)c2cc([N+](=O)[O-])cc([N+](=O)[O-])c2)cc1. The molecule has 0 saturated carbocycles. The number of aryl methyl sites for hydroxylation is 1. The summed E-state index contributed by atoms with van der Waals surface area (Å²) in [6, 6.07) is 9.60. The first kappa shape index (κ1) is 22.4. The minimum absolute atomic E-state index is 0.0672. The molecule has 0 saturated heterocycles. The predicted octanol–water partition coefficient (Wildman–Crippen LogP) is 2.31. The average molecular weight is 431 g/mol. The van der Waals surface area contributed by atoms with E-state index in [4.69, 9.17) is 12.2 Å². The van der Waals surface area contributed by atoms with Gasteiger partial charge in [-0.1, -0.05) is 12.1 Å². The normalized spacial score (nSPS) is 10.0. The molecule has 2 rings (SSSR count). The van der Waals surface area contributed by atoms with Crippen molar-refractivity contribution in [2.45, 2.75) is 12.8 Å². The predicted molar refractivity (Wildman–Crippen MR) is 112 cm³/mol. The number of thiocarbonyl (C=S) groups is 1. The van der Waals surface area contributed by atoms with Crippen molar-refractivity contribution in [3.05, 3.63) is 73.8 Å². The van der Waals surface area contributed by atoms with Crippen LogP contribution in [-0.2, 0) is 11.2 Å². The van der Waals surface area contributed by atoms with E-state index in [1.165, 1.54) is 0 Å². The minimum Gasteiger partial charge on any atom is -0.359 e. The van der Waals surface area contributed by atoms with Gasteiger partial charge in [-0.05, 0) is 36.3 Å². The van der Waals surface area contributed by atoms with Gasteiger partial charge in [0.25, 0.3) is 17.3 Å². The molecule has 12 heteroatoms. The summed E-state index contributed by atoms with van der Waals surface area (Å²) >= 11 is 5.05. The van der Waals surface area contributed by atoms with E-state index in [0.29, 0.717) is 18.5 Å². The summed E-state index contributed by atoms with van der Waals surface area (Å²) < 4.78 is 0. The topological polar surface area (TPSA) is 157 Å². The average Bonchev–Trinajstić information content (AvgIpc) is 2.72. The second-order valence-corrected chi connectivity index (χ2v) is 6.44. The molecule has 2 aromatic carbocycles. The van der Waals surface area contributed by atoms with Crippen molar-refractivity contribution in [3.63, 3.8) is 0 Å². The molecule has 0 aromatic heterocycles. The lowest BCUT2D eigenvalue weighted by molar-refractivity contribution is -0.394. The maximum absolute atomic E-state index is 12.3. The maximum atomic E-state index is 12.3. The lowest BCUT2D eigenvalue weighted by Crippen LogP contribution is -2.34. The third-order valence-electron chi connectivity index (χ3n) is 3.94. The van der Waals surface area contributed by atoms with Crippen molar-refractivity contribution >= 4 is 46.2 Å². The Morgan fingerprint density at radius 2 is 1.57 bits per heavy atom. The summed E-state index contributed by atoms with van der Waals surface area (Å²) in [6.45, 7) is 0. The van der Waals surface area contributed by atoms with E-state index in [9.17, 15) is 29.8 Å². The molecule has 2 amide bonds. The number of hydrogen-bond acceptors (Lipinski definition) is 7. The third kappa shape index (κ3) is 6.31. The lowest BCUT2D eigenvalue weighted by Gasteiger charge is -2.10. The largest absolute Gasteiger partial charge is 0.359 e. The number of nitro benzene ring substituents is 2. The van der Waals surface area contributed by atoms with Gasteiger partial charge in [0.1, 0.15) is 0 Å². The van der Waals surface area contributed by atoms with Gasteiger partial charge in [-0.25, -0.2) is 0 Å². The molecule has 0 aliphatic rings. The first-order valence-corrected chi connectivity index (χ1v) is 8.96. The van der Waals surface area contributed by atoms with Crippen LogP contribution in [0.25, 0.3) is 0 Å². The van der Waals surface area contributed by atoms with E-state index in [1.807, 2.05) is 0 Å². The quantitative estimate of drug-likeness (QED) is 0.342. The third-order valence-corrected chi connectivity index (χ3v) is 4.15. The molecule has 0 fully saturated rings. The number of nitrogens with one attached hydrogen (secondary N) is 3. The molecular weight excluding hydrogens is 414 g/mol. The van der Waals surface area contributed by atoms with Gasteiger partial charge in [0.05, 0.1) is 21.5 Å². The zero-order valence-electron chi connectivity index (χ0n) is 15.7. The summed E-state index contributed by atoms with van der Waals surface area (Å²) in [6.07, 6.45) is 0.916. The second-order valence-electron chi connectivity index (χ2n) is 6.03. The number of carbonyl (C=O) groups is 2. The van der Waals surface area contributed by atoms with Gasteiger partial charge in [0.15, 0.2) is 5.11 Å². The van der Waals surface area contributed by atoms with Crippen LogP contribution in [0.2, 0.25) is 0 Å². The Balaban J connectivity index is 2.02. The van der Waals surface area contributed by atoms with E-state index < -0.39 is 27.1 Å². The van der Waals surface area contributed by atoms with Crippen molar-refractivity contribution in [1.82, 2.24) is 10.6 Å². The van der Waals surface area contributed by atoms with Gasteiger partial charge in [-0.2, -0.15) is 0 Å². The Morgan fingerprint density at radius 3 is 2.07 bits per heavy atom. The minimum atomic E-state index is -0.832. The molecule has 156 valence electrons. The van der Waals surface area contributed by atoms with Gasteiger partial charge in [0, 0.05) is 31.3 Å². The van der Waals surface area contributed by atoms with Crippen molar-refractivity contribution in [2.24, 2.45) is 0 Å². The number of anilines is 1. The summed E-state index contributed by atoms with van der Waals surface area (Å²) in [5, 5.41) is 29.4. The van der Waals surface area contributed by atoms with Crippen LogP contribution >= 0.6 is 12.2 Å². The van der Waals surface area contributed by atoms with Crippen LogP contribution in [0.1, 0.15) is 22.3 Å². The molecule has 0 atom stereocenters. The van der Waals surface area contributed by atoms with Crippen LogP contribution in [0.5, 0.6) is 0 Å². The van der Waals surface area contributed by atoms with E-state index in [1.54, 1.807) is 31.3 Å². The highest BCUT2D eigenvalue weighted by Crippen LogP contribution is 2.22. The molecule has 2 aromatic rings. The van der Waals surface area contributed by atoms with Crippen molar-refractivity contribution in [1.29, 1.82) is 0 Å². The summed E-state index contributed by atoms with van der Waals surface area (Å²) in [7, 11) is 1.57. The van der Waals surface area contributed by atoms with Crippen molar-refractivity contribution in [3.8, 4) is 0 Å². The van der Waals surface area contributed by atoms with Crippen LogP contribution in [0, 0.1) is 20.2 Å². The molecule has 0 heterocycles. The highest BCUT2D eigenvalue weighted by molar-refractivity contribution is 7.80. The Morgan fingerprint density at radius 1 is 1.00 bits per heavy atom. The molecule has 0 unspecified atom stereocenters. The summed E-state index contributed by atoms with van der Waals surface area (Å²) in [4.78, 5) is 43.8. The van der Waals surface area contributed by atoms with E-state index in [-0.39, 0.29) is 16.6 Å². The van der Waals surface area contributed by atoms with Crippen LogP contribution in [0.4, 0.5) is 17.1 Å². The van der Waals surface area contributed by atoms with Crippen molar-refractivity contribution in [2.75, 3.05) is 12.4 Å². The first-order valence-electron chi connectivity index (χ1n) is 8.55. The Labute approximate surface area is 175 Å². The monoisotopic (exact) mass is 431 g/mol. The van der Waals surface area contributed by atoms with Crippen molar-refractivity contribution < 1.29 is 19.4 Å². The maximum Gasteiger partial charge on any atom is 0.277 e. The highest BCUT2D eigenvalue weighted by atomic mass is 32.1. The number of nitro groups is 2. The number of nitrogens with zero attached hydrogens (tertiary/aromatic N) is 2. The lowest BCUT2D eigenvalue weighted by atomic mass is 10.1. The number of amides is 2. The van der Waals surface area contributed by atoms with E-state index in [0.717, 1.165) is 23.8 Å². The molecule has 0 aliphatic carbocycles. The summed E-state index contributed by atoms with van der Waals surface area (Å²) in [5.74, 6) is -0.899. The molecule has 0 bridgehead atoms. The number of rotatable bonds is 7. The highest BCUT2D eigenvalue weighted by Gasteiger charge is 2.20. The fraction of sp³-hybridized carbons (Fsp3) is 0.167. The van der Waals surface area contributed by atoms with Gasteiger partial charge >= 0.3 is 0 Å². The number of non-ortho nitro benzene ring substituents is 2. The van der Waals surface area contributed by atoms with E-state index >= 15 is 0 Å². The smallest absolute Gasteiger partial charge is 0.277 e. The molecule has 30 heavy (non-hydrogen) atoms. The molecule has 0 spiro atoms. The number of benzene rings is 2. The second kappa shape index (κ2) is 10.0. The standard InChI is InChI=1S/C18H17N5O6S/c1-19-16(24)7-4-11-2-5-13(6-3-11)20-18(30)21-17(25)12-8-14(22(26)27)10-15(9-12)23(28)29/h2-3,5-6,8-10H,4,7H2,1H3,(H,19,24)(H2,20,21,25,30).